The molecule has 0 spiro atoms. The molecule has 0 fully saturated rings. The van der Waals surface area contributed by atoms with E-state index in [0.29, 0.717) is 23.4 Å². The van der Waals surface area contributed by atoms with Crippen LogP contribution in [0, 0.1) is 25.7 Å². The number of amides is 1. The summed E-state index contributed by atoms with van der Waals surface area (Å²) in [6.07, 6.45) is 1.83. The predicted octanol–water partition coefficient (Wildman–Crippen LogP) is 2.88. The Labute approximate surface area is 123 Å². The zero-order chi connectivity index (χ0) is 15.2. The lowest BCUT2D eigenvalue weighted by molar-refractivity contribution is 0.102. The molecule has 2 N–H and O–H groups in total. The van der Waals surface area contributed by atoms with Crippen LogP contribution in [0.2, 0.25) is 0 Å². The fourth-order valence-corrected chi connectivity index (χ4v) is 1.84. The number of hydrogen-bond donors (Lipinski definition) is 2. The van der Waals surface area contributed by atoms with Gasteiger partial charge in [0.1, 0.15) is 12.0 Å². The van der Waals surface area contributed by atoms with Crippen LogP contribution in [-0.4, -0.2) is 17.6 Å². The molecule has 0 unspecified atom stereocenters. The Bertz CT molecular complexity index is 704. The van der Waals surface area contributed by atoms with Crippen LogP contribution in [-0.2, 0) is 0 Å². The summed E-state index contributed by atoms with van der Waals surface area (Å²) >= 11 is 0. The van der Waals surface area contributed by atoms with Crippen LogP contribution >= 0.6 is 0 Å². The predicted molar refractivity (Wildman–Crippen MR) is 81.2 cm³/mol. The number of aliphatic hydroxyl groups is 1. The van der Waals surface area contributed by atoms with E-state index in [1.54, 1.807) is 13.0 Å². The number of furan rings is 1. The first-order valence-corrected chi connectivity index (χ1v) is 6.67. The fourth-order valence-electron chi connectivity index (χ4n) is 1.84. The van der Waals surface area contributed by atoms with Crippen LogP contribution in [0.15, 0.2) is 34.9 Å². The van der Waals surface area contributed by atoms with Crippen molar-refractivity contribution in [1.82, 2.24) is 0 Å². The third-order valence-electron chi connectivity index (χ3n) is 2.88. The standard InChI is InChI=1S/C17H17NO3/c1-12-6-7-16(14(9-12)5-3-4-8-19)18-17(20)15-10-13(2)21-11-15/h6-7,9-11,19H,4,8H2,1-2H3,(H,18,20). The van der Waals surface area contributed by atoms with Gasteiger partial charge in [-0.15, -0.1) is 0 Å². The Morgan fingerprint density at radius 2 is 2.14 bits per heavy atom. The summed E-state index contributed by atoms with van der Waals surface area (Å²) in [5.41, 5.74) is 2.91. The Morgan fingerprint density at radius 3 is 2.81 bits per heavy atom. The van der Waals surface area contributed by atoms with E-state index in [9.17, 15) is 4.79 Å². The Balaban J connectivity index is 2.23. The number of carbonyl (C=O) groups is 1. The smallest absolute Gasteiger partial charge is 0.258 e. The fraction of sp³-hybridized carbons (Fsp3) is 0.235. The van der Waals surface area contributed by atoms with Crippen LogP contribution in [0.25, 0.3) is 0 Å². The highest BCUT2D eigenvalue weighted by Crippen LogP contribution is 2.18. The highest BCUT2D eigenvalue weighted by atomic mass is 16.3. The molecule has 108 valence electrons. The number of aryl methyl sites for hydroxylation is 2. The van der Waals surface area contributed by atoms with Gasteiger partial charge in [0, 0.05) is 12.0 Å². The van der Waals surface area contributed by atoms with Crippen molar-refractivity contribution < 1.29 is 14.3 Å². The van der Waals surface area contributed by atoms with E-state index in [2.05, 4.69) is 17.2 Å². The lowest BCUT2D eigenvalue weighted by atomic mass is 10.1. The second kappa shape index (κ2) is 6.78. The van der Waals surface area contributed by atoms with Gasteiger partial charge in [0.2, 0.25) is 0 Å². The van der Waals surface area contributed by atoms with Gasteiger partial charge in [-0.25, -0.2) is 0 Å². The number of nitrogens with one attached hydrogen (secondary N) is 1. The Morgan fingerprint density at radius 1 is 1.33 bits per heavy atom. The van der Waals surface area contributed by atoms with E-state index in [0.717, 1.165) is 11.1 Å². The molecule has 0 atom stereocenters. The van der Waals surface area contributed by atoms with E-state index >= 15 is 0 Å². The van der Waals surface area contributed by atoms with E-state index in [1.807, 2.05) is 25.1 Å². The van der Waals surface area contributed by atoms with Crippen LogP contribution in [0.4, 0.5) is 5.69 Å². The number of aliphatic hydroxyl groups excluding tert-OH is 1. The van der Waals surface area contributed by atoms with Crippen molar-refractivity contribution >= 4 is 11.6 Å². The second-order valence-electron chi connectivity index (χ2n) is 4.72. The normalized spacial score (nSPS) is 9.86. The Hall–Kier alpha value is -2.51. The Kier molecular flexibility index (Phi) is 4.81. The SMILES string of the molecule is Cc1ccc(NC(=O)c2coc(C)c2)c(C#CCCO)c1. The second-order valence-corrected chi connectivity index (χ2v) is 4.72. The summed E-state index contributed by atoms with van der Waals surface area (Å²) in [5, 5.41) is 11.6. The van der Waals surface area contributed by atoms with Crippen LogP contribution in [0.1, 0.15) is 33.7 Å². The van der Waals surface area contributed by atoms with Crippen LogP contribution in [0.5, 0.6) is 0 Å². The van der Waals surface area contributed by atoms with E-state index in [4.69, 9.17) is 9.52 Å². The summed E-state index contributed by atoms with van der Waals surface area (Å²) in [5.74, 6) is 6.29. The number of carbonyl (C=O) groups excluding carboxylic acids is 1. The van der Waals surface area contributed by atoms with Gasteiger partial charge in [-0.1, -0.05) is 17.9 Å². The first-order valence-electron chi connectivity index (χ1n) is 6.67. The maximum Gasteiger partial charge on any atom is 0.258 e. The van der Waals surface area contributed by atoms with Crippen LogP contribution < -0.4 is 5.32 Å². The molecule has 21 heavy (non-hydrogen) atoms. The van der Waals surface area contributed by atoms with Gasteiger partial charge in [0.25, 0.3) is 5.91 Å². The first kappa shape index (κ1) is 14.9. The average molecular weight is 283 g/mol. The number of rotatable bonds is 3. The molecular formula is C17H17NO3. The van der Waals surface area contributed by atoms with Crippen molar-refractivity contribution in [1.29, 1.82) is 0 Å². The van der Waals surface area contributed by atoms with Crippen molar-refractivity contribution in [2.45, 2.75) is 20.3 Å². The highest BCUT2D eigenvalue weighted by molar-refractivity contribution is 6.04. The molecule has 0 aliphatic rings. The third-order valence-corrected chi connectivity index (χ3v) is 2.88. The molecule has 1 aromatic heterocycles. The molecule has 0 saturated heterocycles. The summed E-state index contributed by atoms with van der Waals surface area (Å²) in [6, 6.07) is 7.32. The van der Waals surface area contributed by atoms with Gasteiger partial charge < -0.3 is 14.8 Å². The molecule has 0 aliphatic heterocycles. The molecule has 0 bridgehead atoms. The maximum atomic E-state index is 12.1. The van der Waals surface area contributed by atoms with Crippen molar-refractivity contribution in [3.8, 4) is 11.8 Å². The summed E-state index contributed by atoms with van der Waals surface area (Å²) in [6.45, 7) is 3.77. The van der Waals surface area contributed by atoms with E-state index < -0.39 is 0 Å². The lowest BCUT2D eigenvalue weighted by Crippen LogP contribution is -2.12. The highest BCUT2D eigenvalue weighted by Gasteiger charge is 2.10. The zero-order valence-corrected chi connectivity index (χ0v) is 12.1. The molecule has 1 aromatic carbocycles. The van der Waals surface area contributed by atoms with Gasteiger partial charge >= 0.3 is 0 Å². The van der Waals surface area contributed by atoms with Gasteiger partial charge in [-0.05, 0) is 37.6 Å². The number of hydrogen-bond acceptors (Lipinski definition) is 3. The van der Waals surface area contributed by atoms with Crippen molar-refractivity contribution in [3.63, 3.8) is 0 Å². The van der Waals surface area contributed by atoms with E-state index in [-0.39, 0.29) is 12.5 Å². The lowest BCUT2D eigenvalue weighted by Gasteiger charge is -2.07. The average Bonchev–Trinajstić information content (AvgIpc) is 2.88. The molecule has 4 nitrogen and oxygen atoms in total. The van der Waals surface area contributed by atoms with Crippen molar-refractivity contribution in [3.05, 3.63) is 53.0 Å². The van der Waals surface area contributed by atoms with Crippen LogP contribution in [0.3, 0.4) is 0 Å². The van der Waals surface area contributed by atoms with Crippen molar-refractivity contribution in [2.24, 2.45) is 0 Å². The molecule has 4 heteroatoms. The molecule has 0 aliphatic carbocycles. The largest absolute Gasteiger partial charge is 0.469 e. The van der Waals surface area contributed by atoms with Gasteiger partial charge in [-0.2, -0.15) is 0 Å². The van der Waals surface area contributed by atoms with Crippen molar-refractivity contribution in [2.75, 3.05) is 11.9 Å². The number of anilines is 1. The van der Waals surface area contributed by atoms with E-state index in [1.165, 1.54) is 6.26 Å². The summed E-state index contributed by atoms with van der Waals surface area (Å²) in [7, 11) is 0. The first-order chi connectivity index (χ1) is 10.1. The van der Waals surface area contributed by atoms with Gasteiger partial charge in [0.05, 0.1) is 17.9 Å². The molecule has 0 saturated carbocycles. The molecule has 1 heterocycles. The quantitative estimate of drug-likeness (QED) is 0.851. The minimum Gasteiger partial charge on any atom is -0.469 e. The molecular weight excluding hydrogens is 266 g/mol. The third kappa shape index (κ3) is 3.98. The minimum absolute atomic E-state index is 0.0226. The maximum absolute atomic E-state index is 12.1. The topological polar surface area (TPSA) is 62.5 Å². The van der Waals surface area contributed by atoms with Gasteiger partial charge in [0.15, 0.2) is 0 Å². The molecule has 1 amide bonds. The molecule has 2 rings (SSSR count). The summed E-state index contributed by atoms with van der Waals surface area (Å²) in [4.78, 5) is 12.1. The monoisotopic (exact) mass is 283 g/mol. The molecule has 0 radical (unpaired) electrons. The zero-order valence-electron chi connectivity index (χ0n) is 12.1. The summed E-state index contributed by atoms with van der Waals surface area (Å²) < 4.78 is 5.14. The number of benzene rings is 1. The van der Waals surface area contributed by atoms with Gasteiger partial charge in [-0.3, -0.25) is 4.79 Å². The minimum atomic E-state index is -0.235. The molecule has 2 aromatic rings.